The zero-order valence-electron chi connectivity index (χ0n) is 9.07. The first-order valence-corrected chi connectivity index (χ1v) is 6.08. The number of rotatable bonds is 4. The van der Waals surface area contributed by atoms with Crippen molar-refractivity contribution in [2.45, 2.75) is 17.9 Å². The first-order chi connectivity index (χ1) is 7.54. The van der Waals surface area contributed by atoms with Gasteiger partial charge in [0, 0.05) is 9.92 Å². The number of esters is 1. The molecule has 1 rings (SSSR count). The van der Waals surface area contributed by atoms with Gasteiger partial charge in [0.25, 0.3) is 0 Å². The van der Waals surface area contributed by atoms with E-state index >= 15 is 0 Å². The van der Waals surface area contributed by atoms with E-state index in [4.69, 9.17) is 11.6 Å². The Labute approximate surface area is 104 Å². The minimum Gasteiger partial charge on any atom is -0.468 e. The molecule has 0 amide bonds. The lowest BCUT2D eigenvalue weighted by Gasteiger charge is -2.08. The largest absolute Gasteiger partial charge is 0.468 e. The maximum Gasteiger partial charge on any atom is 0.315 e. The molecule has 1 aromatic rings. The molecule has 3 nitrogen and oxygen atoms in total. The van der Waals surface area contributed by atoms with Gasteiger partial charge in [0.15, 0.2) is 0 Å². The highest BCUT2D eigenvalue weighted by molar-refractivity contribution is 8.00. The SMILES string of the molecule is COC(=O)CSc1ccc(C(C)O)c(Cl)c1. The second-order valence-corrected chi connectivity index (χ2v) is 4.68. The number of hydrogen-bond donors (Lipinski definition) is 1. The summed E-state index contributed by atoms with van der Waals surface area (Å²) in [6.45, 7) is 1.66. The van der Waals surface area contributed by atoms with Crippen molar-refractivity contribution in [2.24, 2.45) is 0 Å². The lowest BCUT2D eigenvalue weighted by Crippen LogP contribution is -2.02. The smallest absolute Gasteiger partial charge is 0.315 e. The molecule has 0 saturated heterocycles. The summed E-state index contributed by atoms with van der Waals surface area (Å²) >= 11 is 7.33. The fraction of sp³-hybridized carbons (Fsp3) is 0.364. The standard InChI is InChI=1S/C11H13ClO3S/c1-7(13)9-4-3-8(5-10(9)12)16-6-11(14)15-2/h3-5,7,13H,6H2,1-2H3. The lowest BCUT2D eigenvalue weighted by atomic mass is 10.1. The number of benzene rings is 1. The first-order valence-electron chi connectivity index (χ1n) is 4.71. The van der Waals surface area contributed by atoms with E-state index in [9.17, 15) is 9.90 Å². The highest BCUT2D eigenvalue weighted by Crippen LogP contribution is 2.28. The van der Waals surface area contributed by atoms with Gasteiger partial charge >= 0.3 is 5.97 Å². The molecule has 88 valence electrons. The third-order valence-electron chi connectivity index (χ3n) is 2.01. The molecular weight excluding hydrogens is 248 g/mol. The summed E-state index contributed by atoms with van der Waals surface area (Å²) in [5.74, 6) is -0.0263. The number of carbonyl (C=O) groups is 1. The Morgan fingerprint density at radius 1 is 1.62 bits per heavy atom. The quantitative estimate of drug-likeness (QED) is 0.668. The molecule has 0 radical (unpaired) electrons. The molecule has 0 spiro atoms. The van der Waals surface area contributed by atoms with Crippen LogP contribution in [0.15, 0.2) is 23.1 Å². The van der Waals surface area contributed by atoms with Crippen LogP contribution >= 0.6 is 23.4 Å². The molecule has 1 aromatic carbocycles. The summed E-state index contributed by atoms with van der Waals surface area (Å²) < 4.78 is 4.53. The van der Waals surface area contributed by atoms with Gasteiger partial charge in [-0.15, -0.1) is 11.8 Å². The number of methoxy groups -OCH3 is 1. The molecule has 0 aliphatic heterocycles. The third kappa shape index (κ3) is 3.70. The van der Waals surface area contributed by atoms with Crippen LogP contribution in [0.5, 0.6) is 0 Å². The summed E-state index contributed by atoms with van der Waals surface area (Å²) in [7, 11) is 1.35. The average Bonchev–Trinajstić information content (AvgIpc) is 2.25. The van der Waals surface area contributed by atoms with Crippen LogP contribution in [0.25, 0.3) is 0 Å². The number of ether oxygens (including phenoxy) is 1. The molecule has 1 unspecified atom stereocenters. The topological polar surface area (TPSA) is 46.5 Å². The van der Waals surface area contributed by atoms with Gasteiger partial charge in [0.1, 0.15) is 0 Å². The monoisotopic (exact) mass is 260 g/mol. The number of carbonyl (C=O) groups excluding carboxylic acids is 1. The maximum absolute atomic E-state index is 10.9. The van der Waals surface area contributed by atoms with Crippen molar-refractivity contribution in [3.05, 3.63) is 28.8 Å². The fourth-order valence-electron chi connectivity index (χ4n) is 1.14. The highest BCUT2D eigenvalue weighted by atomic mass is 35.5. The summed E-state index contributed by atoms with van der Waals surface area (Å²) in [5.41, 5.74) is 0.684. The van der Waals surface area contributed by atoms with Gasteiger partial charge in [-0.3, -0.25) is 4.79 Å². The van der Waals surface area contributed by atoms with E-state index in [0.717, 1.165) is 4.90 Å². The zero-order valence-corrected chi connectivity index (χ0v) is 10.6. The Bertz CT molecular complexity index is 379. The summed E-state index contributed by atoms with van der Waals surface area (Å²) in [5, 5.41) is 9.89. The number of aliphatic hydroxyl groups excluding tert-OH is 1. The van der Waals surface area contributed by atoms with Crippen LogP contribution in [0.2, 0.25) is 5.02 Å². The number of hydrogen-bond acceptors (Lipinski definition) is 4. The van der Waals surface area contributed by atoms with Crippen LogP contribution in [0.4, 0.5) is 0 Å². The lowest BCUT2D eigenvalue weighted by molar-refractivity contribution is -0.137. The highest BCUT2D eigenvalue weighted by Gasteiger charge is 2.08. The van der Waals surface area contributed by atoms with E-state index in [1.807, 2.05) is 6.07 Å². The predicted molar refractivity (Wildman–Crippen MR) is 64.8 cm³/mol. The Kier molecular flexibility index (Phi) is 5.12. The molecular formula is C11H13ClO3S. The molecule has 1 N–H and O–H groups in total. The van der Waals surface area contributed by atoms with Gasteiger partial charge in [0.05, 0.1) is 19.0 Å². The molecule has 0 heterocycles. The number of thioether (sulfide) groups is 1. The minimum atomic E-state index is -0.591. The van der Waals surface area contributed by atoms with Crippen LogP contribution in [0.1, 0.15) is 18.6 Å². The van der Waals surface area contributed by atoms with Crippen LogP contribution in [-0.4, -0.2) is 23.9 Å². The molecule has 0 bridgehead atoms. The molecule has 0 aliphatic rings. The molecule has 0 saturated carbocycles. The minimum absolute atomic E-state index is 0.251. The maximum atomic E-state index is 10.9. The van der Waals surface area contributed by atoms with E-state index in [1.165, 1.54) is 18.9 Å². The molecule has 5 heteroatoms. The average molecular weight is 261 g/mol. The zero-order chi connectivity index (χ0) is 12.1. The molecule has 0 aromatic heterocycles. The van der Waals surface area contributed by atoms with Gasteiger partial charge in [-0.2, -0.15) is 0 Å². The Balaban J connectivity index is 2.70. The van der Waals surface area contributed by atoms with Crippen molar-refractivity contribution in [1.82, 2.24) is 0 Å². The van der Waals surface area contributed by atoms with E-state index in [-0.39, 0.29) is 11.7 Å². The van der Waals surface area contributed by atoms with Gasteiger partial charge in [-0.25, -0.2) is 0 Å². The fourth-order valence-corrected chi connectivity index (χ4v) is 2.31. The van der Waals surface area contributed by atoms with E-state index in [2.05, 4.69) is 4.74 Å². The second kappa shape index (κ2) is 6.13. The third-order valence-corrected chi connectivity index (χ3v) is 3.30. The molecule has 1 atom stereocenters. The van der Waals surface area contributed by atoms with Crippen molar-refractivity contribution in [3.8, 4) is 0 Å². The van der Waals surface area contributed by atoms with Gasteiger partial charge in [-0.1, -0.05) is 17.7 Å². The van der Waals surface area contributed by atoms with Crippen molar-refractivity contribution < 1.29 is 14.6 Å². The van der Waals surface area contributed by atoms with Crippen molar-refractivity contribution in [2.75, 3.05) is 12.9 Å². The molecule has 16 heavy (non-hydrogen) atoms. The van der Waals surface area contributed by atoms with Crippen molar-refractivity contribution in [3.63, 3.8) is 0 Å². The van der Waals surface area contributed by atoms with Crippen molar-refractivity contribution in [1.29, 1.82) is 0 Å². The van der Waals surface area contributed by atoms with Crippen LogP contribution in [0.3, 0.4) is 0 Å². The Morgan fingerprint density at radius 3 is 2.81 bits per heavy atom. The van der Waals surface area contributed by atoms with E-state index < -0.39 is 6.10 Å². The van der Waals surface area contributed by atoms with E-state index in [1.54, 1.807) is 19.1 Å². The summed E-state index contributed by atoms with van der Waals surface area (Å²) in [4.78, 5) is 11.8. The first kappa shape index (κ1) is 13.4. The van der Waals surface area contributed by atoms with Crippen LogP contribution < -0.4 is 0 Å². The number of halogens is 1. The second-order valence-electron chi connectivity index (χ2n) is 3.22. The van der Waals surface area contributed by atoms with Gasteiger partial charge < -0.3 is 9.84 Å². The predicted octanol–water partition coefficient (Wildman–Crippen LogP) is 2.66. The Morgan fingerprint density at radius 2 is 2.31 bits per heavy atom. The Hall–Kier alpha value is -0.710. The van der Waals surface area contributed by atoms with Gasteiger partial charge in [-0.05, 0) is 24.6 Å². The van der Waals surface area contributed by atoms with Crippen LogP contribution in [0, 0.1) is 0 Å². The summed E-state index contributed by atoms with van der Waals surface area (Å²) in [6, 6.07) is 5.31. The van der Waals surface area contributed by atoms with Crippen molar-refractivity contribution >= 4 is 29.3 Å². The number of aliphatic hydroxyl groups is 1. The summed E-state index contributed by atoms with van der Waals surface area (Å²) in [6.07, 6.45) is -0.591. The normalized spacial score (nSPS) is 12.2. The van der Waals surface area contributed by atoms with Crippen LogP contribution in [-0.2, 0) is 9.53 Å². The van der Waals surface area contributed by atoms with Gasteiger partial charge in [0.2, 0.25) is 0 Å². The molecule has 0 aliphatic carbocycles. The molecule has 0 fully saturated rings. The van der Waals surface area contributed by atoms with E-state index in [0.29, 0.717) is 10.6 Å².